The molecule has 2 heterocycles. The highest BCUT2D eigenvalue weighted by atomic mass is 32.2. The normalized spacial score (nSPS) is 22.0. The van der Waals surface area contributed by atoms with E-state index in [1.165, 1.54) is 5.48 Å². The van der Waals surface area contributed by atoms with E-state index in [9.17, 15) is 27.9 Å². The van der Waals surface area contributed by atoms with Crippen molar-refractivity contribution in [3.05, 3.63) is 59.7 Å². The molecule has 0 unspecified atom stereocenters. The SMILES string of the molecule is CC1(C)CN(Cc2ccc(C(=O)N[C@@H]3CN(C(=O)O)C[C@@H]3C(=O)NO)cc2)c2ccccc2S1(=O)=O. The molecule has 11 nitrogen and oxygen atoms in total. The predicted molar refractivity (Wildman–Crippen MR) is 129 cm³/mol. The number of hydrogen-bond acceptors (Lipinski definition) is 7. The van der Waals surface area contributed by atoms with E-state index in [2.05, 4.69) is 5.32 Å². The number of rotatable bonds is 5. The summed E-state index contributed by atoms with van der Waals surface area (Å²) in [6.45, 7) is 3.94. The number of sulfone groups is 1. The van der Waals surface area contributed by atoms with Gasteiger partial charge in [-0.2, -0.15) is 0 Å². The molecule has 0 radical (unpaired) electrons. The van der Waals surface area contributed by atoms with Gasteiger partial charge >= 0.3 is 6.09 Å². The Morgan fingerprint density at radius 1 is 1.06 bits per heavy atom. The number of nitrogens with zero attached hydrogens (tertiary/aromatic N) is 2. The minimum absolute atomic E-state index is 0.0791. The first-order valence-electron chi connectivity index (χ1n) is 11.3. The molecule has 2 aliphatic rings. The Kier molecular flexibility index (Phi) is 6.67. The second kappa shape index (κ2) is 9.43. The zero-order chi connectivity index (χ0) is 26.3. The Labute approximate surface area is 208 Å². The van der Waals surface area contributed by atoms with E-state index in [0.29, 0.717) is 29.2 Å². The van der Waals surface area contributed by atoms with Crippen LogP contribution in [0.5, 0.6) is 0 Å². The predicted octanol–water partition coefficient (Wildman–Crippen LogP) is 1.47. The van der Waals surface area contributed by atoms with Crippen LogP contribution < -0.4 is 15.7 Å². The maximum atomic E-state index is 13.0. The third-order valence-corrected chi connectivity index (χ3v) is 9.25. The lowest BCUT2D eigenvalue weighted by atomic mass is 10.0. The van der Waals surface area contributed by atoms with E-state index < -0.39 is 44.5 Å². The summed E-state index contributed by atoms with van der Waals surface area (Å²) in [5.41, 5.74) is 3.34. The van der Waals surface area contributed by atoms with E-state index in [-0.39, 0.29) is 13.1 Å². The maximum absolute atomic E-state index is 13.0. The minimum Gasteiger partial charge on any atom is -0.465 e. The van der Waals surface area contributed by atoms with E-state index in [1.54, 1.807) is 62.4 Å². The number of fused-ring (bicyclic) bond motifs is 1. The summed E-state index contributed by atoms with van der Waals surface area (Å²) in [6, 6.07) is 12.9. The largest absolute Gasteiger partial charge is 0.465 e. The third-order valence-electron chi connectivity index (χ3n) is 6.74. The van der Waals surface area contributed by atoms with Crippen molar-refractivity contribution in [3.63, 3.8) is 0 Å². The number of hydrogen-bond donors (Lipinski definition) is 4. The van der Waals surface area contributed by atoms with Crippen molar-refractivity contribution in [2.24, 2.45) is 5.92 Å². The van der Waals surface area contributed by atoms with Crippen molar-refractivity contribution < 1.29 is 33.1 Å². The van der Waals surface area contributed by atoms with Crippen LogP contribution in [-0.4, -0.2) is 72.0 Å². The van der Waals surface area contributed by atoms with Gasteiger partial charge in [0.1, 0.15) is 0 Å². The molecule has 2 aromatic carbocycles. The van der Waals surface area contributed by atoms with Crippen LogP contribution in [0.15, 0.2) is 53.4 Å². The molecule has 0 saturated carbocycles. The fourth-order valence-corrected chi connectivity index (χ4v) is 6.35. The molecular formula is C24H28N4O7S. The zero-order valence-electron chi connectivity index (χ0n) is 19.8. The van der Waals surface area contributed by atoms with E-state index in [4.69, 9.17) is 5.21 Å². The van der Waals surface area contributed by atoms with Gasteiger partial charge in [-0.25, -0.2) is 18.7 Å². The molecule has 2 aromatic rings. The van der Waals surface area contributed by atoms with Crippen LogP contribution in [-0.2, 0) is 21.2 Å². The molecular weight excluding hydrogens is 488 g/mol. The standard InChI is InChI=1S/C24H28N4O7S/c1-24(2)14-28(19-5-3-4-6-20(19)36(24,34)35)11-15-7-9-16(10-8-15)21(29)25-18-13-27(23(31)32)12-17(18)22(30)26-33/h3-10,17-18,33H,11-14H2,1-2H3,(H,25,29)(H,26,30)(H,31,32)/t17-,18+/m0/s1. The number of carboxylic acid groups (broad SMARTS) is 1. The lowest BCUT2D eigenvalue weighted by molar-refractivity contribution is -0.133. The van der Waals surface area contributed by atoms with Crippen LogP contribution in [0.3, 0.4) is 0 Å². The van der Waals surface area contributed by atoms with Gasteiger partial charge in [-0.05, 0) is 43.7 Å². The lowest BCUT2D eigenvalue weighted by Gasteiger charge is -2.40. The molecule has 0 bridgehead atoms. The average Bonchev–Trinajstić information content (AvgIpc) is 3.26. The fourth-order valence-electron chi connectivity index (χ4n) is 4.70. The molecule has 4 N–H and O–H groups in total. The fraction of sp³-hybridized carbons (Fsp3) is 0.375. The first kappa shape index (κ1) is 25.5. The van der Waals surface area contributed by atoms with Gasteiger partial charge in [0.05, 0.1) is 27.3 Å². The Morgan fingerprint density at radius 3 is 2.36 bits per heavy atom. The summed E-state index contributed by atoms with van der Waals surface area (Å²) in [5, 5.41) is 20.9. The number of carbonyl (C=O) groups excluding carboxylic acids is 2. The maximum Gasteiger partial charge on any atom is 0.407 e. The number of nitrogens with one attached hydrogen (secondary N) is 2. The molecule has 0 aliphatic carbocycles. The summed E-state index contributed by atoms with van der Waals surface area (Å²) in [5.74, 6) is -2.18. The first-order valence-corrected chi connectivity index (χ1v) is 12.8. The summed E-state index contributed by atoms with van der Waals surface area (Å²) < 4.78 is 25.0. The molecule has 0 spiro atoms. The average molecular weight is 517 g/mol. The van der Waals surface area contributed by atoms with Crippen molar-refractivity contribution in [3.8, 4) is 0 Å². The van der Waals surface area contributed by atoms with Gasteiger partial charge in [-0.3, -0.25) is 14.8 Å². The lowest BCUT2D eigenvalue weighted by Crippen LogP contribution is -2.48. The Morgan fingerprint density at radius 2 is 1.72 bits per heavy atom. The topological polar surface area (TPSA) is 156 Å². The molecule has 1 saturated heterocycles. The van der Waals surface area contributed by atoms with Crippen LogP contribution in [0.4, 0.5) is 10.5 Å². The Bertz CT molecular complexity index is 1290. The molecule has 1 fully saturated rings. The van der Waals surface area contributed by atoms with E-state index in [1.807, 2.05) is 4.90 Å². The number of amides is 3. The molecule has 4 rings (SSSR count). The van der Waals surface area contributed by atoms with Crippen LogP contribution in [0.2, 0.25) is 0 Å². The number of anilines is 1. The van der Waals surface area contributed by atoms with Gasteiger partial charge < -0.3 is 20.2 Å². The van der Waals surface area contributed by atoms with Crippen molar-refractivity contribution in [1.29, 1.82) is 0 Å². The smallest absolute Gasteiger partial charge is 0.407 e. The van der Waals surface area contributed by atoms with Gasteiger partial charge in [0, 0.05) is 31.7 Å². The monoisotopic (exact) mass is 516 g/mol. The number of para-hydroxylation sites is 1. The highest BCUT2D eigenvalue weighted by Gasteiger charge is 2.44. The second-order valence-corrected chi connectivity index (χ2v) is 12.2. The summed E-state index contributed by atoms with van der Waals surface area (Å²) in [6.07, 6.45) is -1.22. The highest BCUT2D eigenvalue weighted by Crippen LogP contribution is 2.39. The van der Waals surface area contributed by atoms with Crippen molar-refractivity contribution >= 4 is 33.4 Å². The van der Waals surface area contributed by atoms with Crippen molar-refractivity contribution in [2.45, 2.75) is 36.1 Å². The van der Waals surface area contributed by atoms with Gasteiger partial charge in [0.25, 0.3) is 5.91 Å². The Hall–Kier alpha value is -3.64. The summed E-state index contributed by atoms with van der Waals surface area (Å²) in [4.78, 5) is 39.4. The van der Waals surface area contributed by atoms with Crippen LogP contribution in [0.25, 0.3) is 0 Å². The molecule has 2 aliphatic heterocycles. The van der Waals surface area contributed by atoms with Crippen LogP contribution in [0, 0.1) is 5.92 Å². The number of carbonyl (C=O) groups is 3. The third kappa shape index (κ3) is 4.61. The van der Waals surface area contributed by atoms with E-state index in [0.717, 1.165) is 10.5 Å². The highest BCUT2D eigenvalue weighted by molar-refractivity contribution is 7.93. The van der Waals surface area contributed by atoms with Crippen LogP contribution in [0.1, 0.15) is 29.8 Å². The van der Waals surface area contributed by atoms with Gasteiger partial charge in [0.15, 0.2) is 9.84 Å². The van der Waals surface area contributed by atoms with E-state index >= 15 is 0 Å². The zero-order valence-corrected chi connectivity index (χ0v) is 20.7. The van der Waals surface area contributed by atoms with Crippen molar-refractivity contribution in [1.82, 2.24) is 15.7 Å². The van der Waals surface area contributed by atoms with Crippen LogP contribution >= 0.6 is 0 Å². The summed E-state index contributed by atoms with van der Waals surface area (Å²) >= 11 is 0. The second-order valence-electron chi connectivity index (χ2n) is 9.63. The molecule has 2 atom stereocenters. The number of hydroxylamine groups is 1. The van der Waals surface area contributed by atoms with Gasteiger partial charge in [-0.15, -0.1) is 0 Å². The summed E-state index contributed by atoms with van der Waals surface area (Å²) in [7, 11) is -3.48. The minimum atomic E-state index is -3.48. The molecule has 0 aromatic heterocycles. The molecule has 3 amide bonds. The Balaban J connectivity index is 1.48. The van der Waals surface area contributed by atoms with Gasteiger partial charge in [-0.1, -0.05) is 24.3 Å². The van der Waals surface area contributed by atoms with Gasteiger partial charge in [0.2, 0.25) is 5.91 Å². The molecule has 36 heavy (non-hydrogen) atoms. The number of benzene rings is 2. The number of likely N-dealkylation sites (tertiary alicyclic amines) is 1. The molecule has 12 heteroatoms. The first-order chi connectivity index (χ1) is 16.9. The van der Waals surface area contributed by atoms with Crippen molar-refractivity contribution in [2.75, 3.05) is 24.5 Å². The quantitative estimate of drug-likeness (QED) is 0.344. The molecule has 192 valence electrons.